The second-order valence-corrected chi connectivity index (χ2v) is 10.9. The molecule has 0 aliphatic heterocycles. The van der Waals surface area contributed by atoms with Crippen molar-refractivity contribution < 1.29 is 37.2 Å². The number of carbonyl (C=O) groups is 1. The van der Waals surface area contributed by atoms with Crippen LogP contribution in [0.2, 0.25) is 0 Å². The molecule has 218 valence electrons. The Morgan fingerprint density at radius 3 is 2.58 bits per heavy atom. The second-order valence-electron chi connectivity index (χ2n) is 10.9. The molecule has 3 atom stereocenters. The molecule has 15 heteroatoms. The predicted molar refractivity (Wildman–Crippen MR) is 130 cm³/mol. The largest absolute Gasteiger partial charge is 0.387 e. The number of aromatic nitrogens is 5. The highest BCUT2D eigenvalue weighted by molar-refractivity contribution is 5.76. The number of hydrogen-bond donors (Lipinski definition) is 4. The lowest BCUT2D eigenvalue weighted by atomic mass is 9.79. The second kappa shape index (κ2) is 11.0. The number of carbonyl (C=O) groups excluding carboxylic acids is 1. The van der Waals surface area contributed by atoms with Crippen LogP contribution in [0, 0.1) is 11.8 Å². The predicted octanol–water partition coefficient (Wildman–Crippen LogP) is 3.36. The van der Waals surface area contributed by atoms with E-state index in [9.17, 15) is 32.6 Å². The third-order valence-corrected chi connectivity index (χ3v) is 7.64. The summed E-state index contributed by atoms with van der Waals surface area (Å²) in [6, 6.07) is 1.06. The average Bonchev–Trinajstić information content (AvgIpc) is 3.50. The van der Waals surface area contributed by atoms with Crippen LogP contribution < -0.4 is 10.6 Å². The van der Waals surface area contributed by atoms with Gasteiger partial charge in [0.2, 0.25) is 17.8 Å². The minimum Gasteiger partial charge on any atom is -0.387 e. The zero-order valence-corrected chi connectivity index (χ0v) is 21.7. The number of halogens is 4. The molecule has 2 saturated carbocycles. The number of fused-ring (bicyclic) bond motifs is 1. The summed E-state index contributed by atoms with van der Waals surface area (Å²) in [7, 11) is 0. The van der Waals surface area contributed by atoms with Crippen LogP contribution in [0.25, 0.3) is 5.65 Å². The highest BCUT2D eigenvalue weighted by Crippen LogP contribution is 2.44. The van der Waals surface area contributed by atoms with Gasteiger partial charge in [0.15, 0.2) is 11.9 Å². The summed E-state index contributed by atoms with van der Waals surface area (Å²) in [5.41, 5.74) is 1.77. The quantitative estimate of drug-likeness (QED) is 0.213. The third kappa shape index (κ3) is 6.41. The summed E-state index contributed by atoms with van der Waals surface area (Å²) in [6.45, 7) is 1.67. The zero-order valence-electron chi connectivity index (χ0n) is 21.7. The molecule has 0 aromatic carbocycles. The molecule has 1 amide bonds. The minimum absolute atomic E-state index is 0.110. The fraction of sp³-hybridized carbons (Fsp3) is 0.640. The molecule has 2 aliphatic rings. The average molecular weight is 570 g/mol. The Labute approximate surface area is 226 Å². The number of nitrogens with one attached hydrogen (secondary N) is 2. The first-order valence-corrected chi connectivity index (χ1v) is 13.2. The van der Waals surface area contributed by atoms with Crippen molar-refractivity contribution in [2.45, 2.75) is 88.6 Å². The van der Waals surface area contributed by atoms with Crippen LogP contribution in [0.4, 0.5) is 17.6 Å². The maximum atomic E-state index is 13.9. The molecule has 2 aliphatic carbocycles. The molecule has 3 aromatic rings. The maximum absolute atomic E-state index is 13.9. The number of aliphatic hydroxyl groups is 2. The van der Waals surface area contributed by atoms with E-state index in [-0.39, 0.29) is 68.7 Å². The van der Waals surface area contributed by atoms with Crippen molar-refractivity contribution in [2.24, 2.45) is 11.8 Å². The first-order valence-electron chi connectivity index (χ1n) is 13.2. The van der Waals surface area contributed by atoms with E-state index in [1.165, 1.54) is 23.7 Å². The van der Waals surface area contributed by atoms with Crippen molar-refractivity contribution in [1.82, 2.24) is 35.5 Å². The lowest BCUT2D eigenvalue weighted by molar-refractivity contribution is -0.136. The van der Waals surface area contributed by atoms with Gasteiger partial charge < -0.3 is 20.8 Å². The molecule has 0 bridgehead atoms. The summed E-state index contributed by atoms with van der Waals surface area (Å²) >= 11 is 0. The van der Waals surface area contributed by atoms with Crippen molar-refractivity contribution in [3.8, 4) is 0 Å². The van der Waals surface area contributed by atoms with Gasteiger partial charge in [-0.15, -0.1) is 0 Å². The van der Waals surface area contributed by atoms with Crippen molar-refractivity contribution in [3.63, 3.8) is 0 Å². The molecule has 4 N–H and O–H groups in total. The van der Waals surface area contributed by atoms with E-state index in [0.717, 1.165) is 0 Å². The summed E-state index contributed by atoms with van der Waals surface area (Å²) in [5.74, 6) is -6.59. The fourth-order valence-electron chi connectivity index (χ4n) is 5.46. The topological polar surface area (TPSA) is 151 Å². The summed E-state index contributed by atoms with van der Waals surface area (Å²) < 4.78 is 60.1. The number of aliphatic hydroxyl groups excluding tert-OH is 2. The van der Waals surface area contributed by atoms with Gasteiger partial charge in [-0.1, -0.05) is 10.3 Å². The van der Waals surface area contributed by atoms with Crippen LogP contribution in [0.15, 0.2) is 23.1 Å². The molecule has 3 aromatic heterocycles. The van der Waals surface area contributed by atoms with E-state index in [1.54, 1.807) is 6.20 Å². The summed E-state index contributed by atoms with van der Waals surface area (Å²) in [4.78, 5) is 16.8. The number of imidazole rings is 1. The summed E-state index contributed by atoms with van der Waals surface area (Å²) in [5, 5.41) is 37.9. The lowest BCUT2D eigenvalue weighted by Gasteiger charge is -2.34. The SMILES string of the molecule is C[C@@H](O)c1nonc1CNC(c1cn2ncc([C@@H](O)NC(=O)CC3CC(F)(F)C3)cc2n1)C1CCC(F)(F)CC1. The first kappa shape index (κ1) is 28.4. The Morgan fingerprint density at radius 2 is 1.90 bits per heavy atom. The van der Waals surface area contributed by atoms with Gasteiger partial charge in [0.1, 0.15) is 11.4 Å². The smallest absolute Gasteiger partial charge is 0.248 e. The highest BCUT2D eigenvalue weighted by Gasteiger charge is 2.45. The molecule has 3 heterocycles. The zero-order chi connectivity index (χ0) is 28.7. The number of nitrogens with zero attached hydrogens (tertiary/aromatic N) is 5. The molecule has 0 spiro atoms. The Bertz CT molecular complexity index is 1330. The van der Waals surface area contributed by atoms with Crippen LogP contribution in [0.5, 0.6) is 0 Å². The van der Waals surface area contributed by atoms with E-state index < -0.39 is 42.0 Å². The van der Waals surface area contributed by atoms with Crippen LogP contribution in [0.3, 0.4) is 0 Å². The van der Waals surface area contributed by atoms with E-state index in [0.29, 0.717) is 17.0 Å². The van der Waals surface area contributed by atoms with Crippen LogP contribution in [-0.4, -0.2) is 52.9 Å². The summed E-state index contributed by atoms with van der Waals surface area (Å²) in [6.07, 6.45) is -0.104. The molecule has 0 radical (unpaired) electrons. The number of hydrogen-bond acceptors (Lipinski definition) is 9. The first-order chi connectivity index (χ1) is 18.9. The van der Waals surface area contributed by atoms with Crippen molar-refractivity contribution in [3.05, 3.63) is 41.1 Å². The molecular weight excluding hydrogens is 538 g/mol. The molecular formula is C25H31F4N7O4. The highest BCUT2D eigenvalue weighted by atomic mass is 19.3. The number of rotatable bonds is 10. The number of amides is 1. The Hall–Kier alpha value is -3.17. The van der Waals surface area contributed by atoms with E-state index in [2.05, 4.69) is 31.0 Å². The monoisotopic (exact) mass is 569 g/mol. The Kier molecular flexibility index (Phi) is 7.81. The third-order valence-electron chi connectivity index (χ3n) is 7.64. The van der Waals surface area contributed by atoms with Crippen LogP contribution in [0.1, 0.15) is 92.9 Å². The molecule has 0 saturated heterocycles. The van der Waals surface area contributed by atoms with Crippen molar-refractivity contribution in [1.29, 1.82) is 0 Å². The minimum atomic E-state index is -2.73. The van der Waals surface area contributed by atoms with Gasteiger partial charge in [-0.2, -0.15) is 5.10 Å². The van der Waals surface area contributed by atoms with Gasteiger partial charge in [-0.25, -0.2) is 31.7 Å². The van der Waals surface area contributed by atoms with Gasteiger partial charge in [0.05, 0.1) is 30.2 Å². The fourth-order valence-corrected chi connectivity index (χ4v) is 5.46. The van der Waals surface area contributed by atoms with Gasteiger partial charge in [0, 0.05) is 44.2 Å². The molecule has 2 fully saturated rings. The van der Waals surface area contributed by atoms with Gasteiger partial charge >= 0.3 is 0 Å². The van der Waals surface area contributed by atoms with Crippen LogP contribution in [-0.2, 0) is 11.3 Å². The molecule has 11 nitrogen and oxygen atoms in total. The van der Waals surface area contributed by atoms with Gasteiger partial charge in [-0.05, 0) is 37.7 Å². The van der Waals surface area contributed by atoms with E-state index in [4.69, 9.17) is 4.63 Å². The van der Waals surface area contributed by atoms with Crippen molar-refractivity contribution in [2.75, 3.05) is 0 Å². The molecule has 40 heavy (non-hydrogen) atoms. The van der Waals surface area contributed by atoms with Crippen LogP contribution >= 0.6 is 0 Å². The Balaban J connectivity index is 1.31. The standard InChI is InChI=1S/C25H31F4N7O4/c1-13(37)21-17(34-40-35-21)11-30-22(15-2-4-24(26,27)5-3-15)18-12-36-19(32-18)7-16(10-31-36)23(39)33-20(38)6-14-8-25(28,29)9-14/h7,10,12-15,22-23,30,37,39H,2-6,8-9,11H2,1H3,(H,33,38)/t13-,22?,23-/m1/s1. The van der Waals surface area contributed by atoms with E-state index >= 15 is 0 Å². The van der Waals surface area contributed by atoms with Gasteiger partial charge in [-0.3, -0.25) is 4.79 Å². The van der Waals surface area contributed by atoms with Gasteiger partial charge in [0.25, 0.3) is 0 Å². The molecule has 5 rings (SSSR count). The molecule has 1 unspecified atom stereocenters. The normalized spacial score (nSPS) is 21.6. The lowest BCUT2D eigenvalue weighted by Crippen LogP contribution is -2.39. The Morgan fingerprint density at radius 1 is 1.18 bits per heavy atom. The maximum Gasteiger partial charge on any atom is 0.248 e. The van der Waals surface area contributed by atoms with E-state index in [1.807, 2.05) is 0 Å². The number of alkyl halides is 4. The van der Waals surface area contributed by atoms with Crippen molar-refractivity contribution >= 4 is 11.6 Å².